The van der Waals surface area contributed by atoms with E-state index >= 15 is 0 Å². The maximum absolute atomic E-state index is 9.70. The third-order valence-electron chi connectivity index (χ3n) is 2.06. The predicted molar refractivity (Wildman–Crippen MR) is 57.6 cm³/mol. The maximum atomic E-state index is 9.70. The normalized spacial score (nSPS) is 17.9. The summed E-state index contributed by atoms with van der Waals surface area (Å²) < 4.78 is 0. The van der Waals surface area contributed by atoms with Gasteiger partial charge in [-0.05, 0) is 33.1 Å². The summed E-state index contributed by atoms with van der Waals surface area (Å²) in [5, 5.41) is 34.7. The van der Waals surface area contributed by atoms with Crippen LogP contribution in [0.15, 0.2) is 10.2 Å². The summed E-state index contributed by atoms with van der Waals surface area (Å²) in [5.41, 5.74) is -1.18. The van der Waals surface area contributed by atoms with Crippen molar-refractivity contribution in [1.82, 2.24) is 0 Å². The third-order valence-corrected chi connectivity index (χ3v) is 2.06. The average Bonchev–Trinajstić information content (AvgIpc) is 2.21. The van der Waals surface area contributed by atoms with Crippen molar-refractivity contribution in [2.75, 3.05) is 13.2 Å². The molecule has 2 unspecified atom stereocenters. The minimum atomic E-state index is -1.18. The zero-order chi connectivity index (χ0) is 11.7. The van der Waals surface area contributed by atoms with Crippen LogP contribution in [0, 0.1) is 0 Å². The van der Waals surface area contributed by atoms with Gasteiger partial charge in [-0.2, -0.15) is 10.2 Å². The monoisotopic (exact) mass is 218 g/mol. The Labute approximate surface area is 90.9 Å². The van der Waals surface area contributed by atoms with E-state index in [0.29, 0.717) is 19.3 Å². The molecule has 2 atom stereocenters. The van der Waals surface area contributed by atoms with Crippen LogP contribution in [0.2, 0.25) is 0 Å². The fourth-order valence-corrected chi connectivity index (χ4v) is 1.13. The highest BCUT2D eigenvalue weighted by Gasteiger charge is 2.18. The van der Waals surface area contributed by atoms with Crippen LogP contribution in [-0.4, -0.2) is 40.3 Å². The van der Waals surface area contributed by atoms with Crippen LogP contribution in [-0.2, 0) is 0 Å². The van der Waals surface area contributed by atoms with Gasteiger partial charge in [0.25, 0.3) is 0 Å². The van der Waals surface area contributed by atoms with E-state index in [4.69, 9.17) is 10.2 Å². The molecule has 0 aliphatic carbocycles. The predicted octanol–water partition coefficient (Wildman–Crippen LogP) is 1.08. The van der Waals surface area contributed by atoms with Gasteiger partial charge in [-0.3, -0.25) is 0 Å². The lowest BCUT2D eigenvalue weighted by Crippen LogP contribution is -2.21. The van der Waals surface area contributed by atoms with Crippen LogP contribution in [0.25, 0.3) is 0 Å². The topological polar surface area (TPSA) is 85.4 Å². The van der Waals surface area contributed by atoms with Crippen LogP contribution in [0.3, 0.4) is 0 Å². The Morgan fingerprint density at radius 2 is 1.80 bits per heavy atom. The van der Waals surface area contributed by atoms with Gasteiger partial charge >= 0.3 is 0 Å². The molecule has 0 aliphatic rings. The molecule has 0 aromatic rings. The quantitative estimate of drug-likeness (QED) is 0.533. The fourth-order valence-electron chi connectivity index (χ4n) is 1.13. The van der Waals surface area contributed by atoms with Gasteiger partial charge < -0.3 is 15.3 Å². The Bertz CT molecular complexity index is 184. The molecule has 0 amide bonds. The van der Waals surface area contributed by atoms with Crippen LogP contribution >= 0.6 is 0 Å². The molecule has 0 heterocycles. The maximum Gasteiger partial charge on any atom is 0.173 e. The zero-order valence-electron chi connectivity index (χ0n) is 9.56. The first-order valence-corrected chi connectivity index (χ1v) is 5.38. The number of aliphatic hydroxyl groups excluding tert-OH is 2. The molecule has 3 N–H and O–H groups in total. The minimum absolute atomic E-state index is 0.0118. The lowest BCUT2D eigenvalue weighted by Gasteiger charge is -2.16. The largest absolute Gasteiger partial charge is 0.396 e. The van der Waals surface area contributed by atoms with Gasteiger partial charge in [-0.15, -0.1) is 0 Å². The molecule has 0 fully saturated rings. The van der Waals surface area contributed by atoms with Gasteiger partial charge in [0, 0.05) is 19.6 Å². The third kappa shape index (κ3) is 8.47. The molecule has 0 aliphatic heterocycles. The number of hydrogen-bond donors (Lipinski definition) is 3. The molecule has 0 radical (unpaired) electrons. The Morgan fingerprint density at radius 1 is 1.20 bits per heavy atom. The van der Waals surface area contributed by atoms with Gasteiger partial charge in [-0.1, -0.05) is 0 Å². The first kappa shape index (κ1) is 14.5. The Morgan fingerprint density at radius 3 is 2.33 bits per heavy atom. The van der Waals surface area contributed by atoms with Crippen molar-refractivity contribution in [3.05, 3.63) is 0 Å². The van der Waals surface area contributed by atoms with Crippen LogP contribution < -0.4 is 0 Å². The number of aliphatic hydroxyl groups is 3. The molecule has 5 heteroatoms. The standard InChI is InChI=1S/C10H22N2O3/c1-9(5-3-7-13)11-12-10(2,15)6-4-8-14/h9,13-15H,3-8H2,1-2H3/b12-11+. The Balaban J connectivity index is 3.89. The SMILES string of the molecule is CC(CCCO)/N=N/C(C)(O)CCCO. The Hall–Kier alpha value is -0.520. The van der Waals surface area contributed by atoms with Crippen molar-refractivity contribution >= 4 is 0 Å². The van der Waals surface area contributed by atoms with E-state index in [1.165, 1.54) is 0 Å². The van der Waals surface area contributed by atoms with E-state index in [-0.39, 0.29) is 19.3 Å². The first-order valence-electron chi connectivity index (χ1n) is 5.38. The van der Waals surface area contributed by atoms with Gasteiger partial charge in [0.05, 0.1) is 6.04 Å². The van der Waals surface area contributed by atoms with Crippen molar-refractivity contribution in [3.63, 3.8) is 0 Å². The van der Waals surface area contributed by atoms with E-state index in [2.05, 4.69) is 10.2 Å². The lowest BCUT2D eigenvalue weighted by atomic mass is 10.1. The summed E-state index contributed by atoms with van der Waals surface area (Å²) in [6.45, 7) is 3.67. The number of nitrogens with zero attached hydrogens (tertiary/aromatic N) is 2. The smallest absolute Gasteiger partial charge is 0.173 e. The molecule has 0 saturated heterocycles. The molecule has 0 aromatic carbocycles. The molecule has 5 nitrogen and oxygen atoms in total. The molecular weight excluding hydrogens is 196 g/mol. The average molecular weight is 218 g/mol. The molecule has 0 aromatic heterocycles. The zero-order valence-corrected chi connectivity index (χ0v) is 9.56. The van der Waals surface area contributed by atoms with Crippen molar-refractivity contribution in [2.45, 2.75) is 51.3 Å². The van der Waals surface area contributed by atoms with E-state index in [1.807, 2.05) is 6.92 Å². The molecular formula is C10H22N2O3. The van der Waals surface area contributed by atoms with E-state index < -0.39 is 5.72 Å². The number of azo groups is 1. The van der Waals surface area contributed by atoms with Crippen LogP contribution in [0.5, 0.6) is 0 Å². The second kappa shape index (κ2) is 7.73. The summed E-state index contributed by atoms with van der Waals surface area (Å²) in [6, 6.07) is 0.0118. The molecule has 0 bridgehead atoms. The molecule has 0 rings (SSSR count). The molecule has 0 saturated carbocycles. The van der Waals surface area contributed by atoms with E-state index in [1.54, 1.807) is 6.92 Å². The Kier molecular flexibility index (Phi) is 7.46. The summed E-state index contributed by atoms with van der Waals surface area (Å²) in [4.78, 5) is 0. The number of hydrogen-bond acceptors (Lipinski definition) is 5. The van der Waals surface area contributed by atoms with Crippen molar-refractivity contribution in [2.24, 2.45) is 10.2 Å². The van der Waals surface area contributed by atoms with Gasteiger partial charge in [0.2, 0.25) is 0 Å². The highest BCUT2D eigenvalue weighted by atomic mass is 16.3. The second-order valence-corrected chi connectivity index (χ2v) is 3.97. The minimum Gasteiger partial charge on any atom is -0.396 e. The second-order valence-electron chi connectivity index (χ2n) is 3.97. The highest BCUT2D eigenvalue weighted by molar-refractivity contribution is 4.68. The first-order chi connectivity index (χ1) is 7.02. The van der Waals surface area contributed by atoms with Crippen LogP contribution in [0.1, 0.15) is 39.5 Å². The lowest BCUT2D eigenvalue weighted by molar-refractivity contribution is 0.0436. The molecule has 90 valence electrons. The van der Waals surface area contributed by atoms with E-state index in [0.717, 1.165) is 6.42 Å². The van der Waals surface area contributed by atoms with Gasteiger partial charge in [-0.25, -0.2) is 0 Å². The summed E-state index contributed by atoms with van der Waals surface area (Å²) in [6.07, 6.45) is 2.37. The van der Waals surface area contributed by atoms with E-state index in [9.17, 15) is 5.11 Å². The number of rotatable bonds is 8. The van der Waals surface area contributed by atoms with Gasteiger partial charge in [0.1, 0.15) is 0 Å². The van der Waals surface area contributed by atoms with Crippen molar-refractivity contribution in [1.29, 1.82) is 0 Å². The highest BCUT2D eigenvalue weighted by Crippen LogP contribution is 2.15. The molecule has 0 spiro atoms. The van der Waals surface area contributed by atoms with Gasteiger partial charge in [0.15, 0.2) is 5.72 Å². The summed E-state index contributed by atoms with van der Waals surface area (Å²) >= 11 is 0. The van der Waals surface area contributed by atoms with Crippen molar-refractivity contribution < 1.29 is 15.3 Å². The fraction of sp³-hybridized carbons (Fsp3) is 1.00. The summed E-state index contributed by atoms with van der Waals surface area (Å²) in [7, 11) is 0. The van der Waals surface area contributed by atoms with Crippen LogP contribution in [0.4, 0.5) is 0 Å². The molecule has 15 heavy (non-hydrogen) atoms. The van der Waals surface area contributed by atoms with Crippen molar-refractivity contribution in [3.8, 4) is 0 Å². The summed E-state index contributed by atoms with van der Waals surface area (Å²) in [5.74, 6) is 0.